The molecule has 4 nitrogen and oxygen atoms in total. The number of aryl methyl sites for hydroxylation is 2. The Balaban J connectivity index is 2.44. The van der Waals surface area contributed by atoms with E-state index in [1.165, 1.54) is 11.1 Å². The molecular weight excluding hydrogens is 252 g/mol. The molecule has 2 rings (SSSR count). The number of rotatable bonds is 4. The highest BCUT2D eigenvalue weighted by Crippen LogP contribution is 2.35. The van der Waals surface area contributed by atoms with Gasteiger partial charge in [0.15, 0.2) is 0 Å². The van der Waals surface area contributed by atoms with Crippen LogP contribution in [0.1, 0.15) is 31.4 Å². The molecule has 1 heterocycles. The molecule has 0 radical (unpaired) electrons. The molecule has 2 N–H and O–H groups in total. The fourth-order valence-corrected chi connectivity index (χ4v) is 2.57. The lowest BCUT2D eigenvalue weighted by Gasteiger charge is -2.37. The van der Waals surface area contributed by atoms with Crippen LogP contribution in [-0.2, 0) is 4.79 Å². The van der Waals surface area contributed by atoms with Gasteiger partial charge in [-0.1, -0.05) is 13.8 Å². The van der Waals surface area contributed by atoms with Gasteiger partial charge in [0, 0.05) is 13.2 Å². The summed E-state index contributed by atoms with van der Waals surface area (Å²) in [5.41, 5.74) is 4.35. The minimum Gasteiger partial charge on any atom is -0.396 e. The van der Waals surface area contributed by atoms with Crippen LogP contribution in [0.25, 0.3) is 0 Å². The number of hydrogen-bond donors (Lipinski definition) is 2. The molecule has 0 spiro atoms. The molecule has 20 heavy (non-hydrogen) atoms. The molecule has 1 unspecified atom stereocenters. The number of anilines is 2. The quantitative estimate of drug-likeness (QED) is 0.888. The lowest BCUT2D eigenvalue weighted by molar-refractivity contribution is -0.120. The molecule has 1 atom stereocenters. The van der Waals surface area contributed by atoms with Gasteiger partial charge in [-0.2, -0.15) is 0 Å². The molecule has 1 aliphatic rings. The molecule has 0 saturated carbocycles. The number of carbonyl (C=O) groups is 1. The Morgan fingerprint density at radius 1 is 1.30 bits per heavy atom. The van der Waals surface area contributed by atoms with E-state index in [2.05, 4.69) is 31.3 Å². The molecule has 1 aromatic carbocycles. The molecule has 1 aliphatic heterocycles. The van der Waals surface area contributed by atoms with Crippen molar-refractivity contribution < 1.29 is 9.90 Å². The summed E-state index contributed by atoms with van der Waals surface area (Å²) in [5, 5.41) is 12.4. The smallest absolute Gasteiger partial charge is 0.249 e. The van der Waals surface area contributed by atoms with E-state index in [4.69, 9.17) is 5.11 Å². The standard InChI is InChI=1S/C16H24N2O2/c1-10(2)15-16(20)18(6-5-7-19)14-9-12(4)11(3)8-13(14)17-15/h8-10,15,17,19H,5-7H2,1-4H3. The molecule has 0 aliphatic carbocycles. The van der Waals surface area contributed by atoms with Crippen molar-refractivity contribution >= 4 is 17.3 Å². The van der Waals surface area contributed by atoms with Gasteiger partial charge in [-0.25, -0.2) is 0 Å². The molecular formula is C16H24N2O2. The second-order valence-electron chi connectivity index (χ2n) is 5.89. The number of aliphatic hydroxyl groups is 1. The van der Waals surface area contributed by atoms with Gasteiger partial charge in [0.1, 0.15) is 6.04 Å². The fraction of sp³-hybridized carbons (Fsp3) is 0.562. The molecule has 1 aromatic rings. The third-order valence-corrected chi connectivity index (χ3v) is 3.95. The summed E-state index contributed by atoms with van der Waals surface area (Å²) in [7, 11) is 0. The maximum Gasteiger partial charge on any atom is 0.249 e. The van der Waals surface area contributed by atoms with Crippen LogP contribution in [-0.4, -0.2) is 30.2 Å². The third kappa shape index (κ3) is 2.66. The summed E-state index contributed by atoms with van der Waals surface area (Å²) in [4.78, 5) is 14.4. The van der Waals surface area contributed by atoms with E-state index in [0.717, 1.165) is 11.4 Å². The average Bonchev–Trinajstić information content (AvgIpc) is 2.39. The monoisotopic (exact) mass is 276 g/mol. The van der Waals surface area contributed by atoms with E-state index >= 15 is 0 Å². The zero-order valence-corrected chi connectivity index (χ0v) is 12.7. The minimum absolute atomic E-state index is 0.101. The van der Waals surface area contributed by atoms with Gasteiger partial charge in [-0.05, 0) is 49.4 Å². The largest absolute Gasteiger partial charge is 0.396 e. The summed E-state index contributed by atoms with van der Waals surface area (Å²) >= 11 is 0. The normalized spacial score (nSPS) is 18.2. The van der Waals surface area contributed by atoms with Crippen molar-refractivity contribution in [2.45, 2.75) is 40.2 Å². The fourth-order valence-electron chi connectivity index (χ4n) is 2.57. The lowest BCUT2D eigenvalue weighted by Crippen LogP contribution is -2.50. The number of nitrogens with one attached hydrogen (secondary N) is 1. The van der Waals surface area contributed by atoms with Crippen LogP contribution >= 0.6 is 0 Å². The molecule has 0 fully saturated rings. The molecule has 0 aromatic heterocycles. The second kappa shape index (κ2) is 5.83. The van der Waals surface area contributed by atoms with Gasteiger partial charge >= 0.3 is 0 Å². The van der Waals surface area contributed by atoms with Crippen LogP contribution in [0.15, 0.2) is 12.1 Å². The predicted molar refractivity (Wildman–Crippen MR) is 82.2 cm³/mol. The first-order valence-corrected chi connectivity index (χ1v) is 7.25. The lowest BCUT2D eigenvalue weighted by atomic mass is 9.97. The molecule has 0 bridgehead atoms. The number of benzene rings is 1. The summed E-state index contributed by atoms with van der Waals surface area (Å²) in [6.07, 6.45) is 0.600. The summed E-state index contributed by atoms with van der Waals surface area (Å²) in [6, 6.07) is 3.98. The highest BCUT2D eigenvalue weighted by molar-refractivity contribution is 6.05. The van der Waals surface area contributed by atoms with Gasteiger partial charge in [0.05, 0.1) is 11.4 Å². The predicted octanol–water partition coefficient (Wildman–Crippen LogP) is 2.47. The number of aliphatic hydroxyl groups excluding tert-OH is 1. The zero-order chi connectivity index (χ0) is 14.9. The Hall–Kier alpha value is -1.55. The van der Waals surface area contributed by atoms with Gasteiger partial charge < -0.3 is 15.3 Å². The van der Waals surface area contributed by atoms with Crippen LogP contribution in [0.4, 0.5) is 11.4 Å². The molecule has 0 saturated heterocycles. The number of amides is 1. The van der Waals surface area contributed by atoms with E-state index in [1.807, 2.05) is 18.7 Å². The molecule has 1 amide bonds. The van der Waals surface area contributed by atoms with Crippen molar-refractivity contribution in [1.29, 1.82) is 0 Å². The van der Waals surface area contributed by atoms with Crippen molar-refractivity contribution in [2.75, 3.05) is 23.4 Å². The first kappa shape index (κ1) is 14.9. The van der Waals surface area contributed by atoms with Crippen LogP contribution in [0.5, 0.6) is 0 Å². The van der Waals surface area contributed by atoms with Crippen molar-refractivity contribution in [2.24, 2.45) is 5.92 Å². The molecule has 4 heteroatoms. The van der Waals surface area contributed by atoms with Gasteiger partial charge in [0.25, 0.3) is 0 Å². The summed E-state index contributed by atoms with van der Waals surface area (Å²) in [5.74, 6) is 0.332. The summed E-state index contributed by atoms with van der Waals surface area (Å²) < 4.78 is 0. The van der Waals surface area contributed by atoms with Crippen molar-refractivity contribution in [3.8, 4) is 0 Å². The number of fused-ring (bicyclic) bond motifs is 1. The van der Waals surface area contributed by atoms with E-state index in [9.17, 15) is 4.79 Å². The van der Waals surface area contributed by atoms with Crippen LogP contribution < -0.4 is 10.2 Å². The highest BCUT2D eigenvalue weighted by Gasteiger charge is 2.34. The summed E-state index contributed by atoms with van der Waals surface area (Å²) in [6.45, 7) is 8.89. The number of nitrogens with zero attached hydrogens (tertiary/aromatic N) is 1. The average molecular weight is 276 g/mol. The Kier molecular flexibility index (Phi) is 4.33. The first-order chi connectivity index (χ1) is 9.45. The third-order valence-electron chi connectivity index (χ3n) is 3.95. The Labute approximate surface area is 120 Å². The van der Waals surface area contributed by atoms with Crippen LogP contribution in [0.3, 0.4) is 0 Å². The topological polar surface area (TPSA) is 52.6 Å². The van der Waals surface area contributed by atoms with E-state index in [0.29, 0.717) is 13.0 Å². The van der Waals surface area contributed by atoms with Crippen molar-refractivity contribution in [3.63, 3.8) is 0 Å². The maximum absolute atomic E-state index is 12.6. The highest BCUT2D eigenvalue weighted by atomic mass is 16.3. The van der Waals surface area contributed by atoms with Crippen LogP contribution in [0, 0.1) is 19.8 Å². The first-order valence-electron chi connectivity index (χ1n) is 7.25. The zero-order valence-electron chi connectivity index (χ0n) is 12.7. The number of hydrogen-bond acceptors (Lipinski definition) is 3. The van der Waals surface area contributed by atoms with Crippen molar-refractivity contribution in [1.82, 2.24) is 0 Å². The van der Waals surface area contributed by atoms with E-state index in [-0.39, 0.29) is 24.5 Å². The Bertz CT molecular complexity index is 511. The minimum atomic E-state index is -0.191. The second-order valence-corrected chi connectivity index (χ2v) is 5.89. The number of carbonyl (C=O) groups excluding carboxylic acids is 1. The van der Waals surface area contributed by atoms with E-state index < -0.39 is 0 Å². The van der Waals surface area contributed by atoms with Gasteiger partial charge in [-0.15, -0.1) is 0 Å². The van der Waals surface area contributed by atoms with Gasteiger partial charge in [-0.3, -0.25) is 4.79 Å². The Morgan fingerprint density at radius 2 is 1.95 bits per heavy atom. The Morgan fingerprint density at radius 3 is 2.55 bits per heavy atom. The van der Waals surface area contributed by atoms with E-state index in [1.54, 1.807) is 0 Å². The van der Waals surface area contributed by atoms with Gasteiger partial charge in [0.2, 0.25) is 5.91 Å². The maximum atomic E-state index is 12.6. The SMILES string of the molecule is Cc1cc2c(cc1C)N(CCCO)C(=O)C(C(C)C)N2. The van der Waals surface area contributed by atoms with Crippen LogP contribution in [0.2, 0.25) is 0 Å². The molecule has 110 valence electrons. The van der Waals surface area contributed by atoms with Crippen molar-refractivity contribution in [3.05, 3.63) is 23.3 Å².